The molecule has 0 spiro atoms. The summed E-state index contributed by atoms with van der Waals surface area (Å²) in [5.74, 6) is -0.372. The van der Waals surface area contributed by atoms with Crippen molar-refractivity contribution >= 4 is 11.8 Å². The van der Waals surface area contributed by atoms with E-state index < -0.39 is 6.10 Å². The fraction of sp³-hybridized carbons (Fsp3) is 0.231. The van der Waals surface area contributed by atoms with E-state index in [2.05, 4.69) is 9.97 Å². The van der Waals surface area contributed by atoms with Crippen LogP contribution < -0.4 is 0 Å². The highest BCUT2D eigenvalue weighted by molar-refractivity contribution is 7.99. The monoisotopic (exact) mass is 264 g/mol. The third-order valence-electron chi connectivity index (χ3n) is 2.41. The van der Waals surface area contributed by atoms with Crippen molar-refractivity contribution < 1.29 is 9.50 Å². The van der Waals surface area contributed by atoms with E-state index in [4.69, 9.17) is 0 Å². The Labute approximate surface area is 109 Å². The molecule has 1 aromatic carbocycles. The number of aryl methyl sites for hydroxylation is 1. The van der Waals surface area contributed by atoms with Gasteiger partial charge in [0.25, 0.3) is 0 Å². The normalized spacial score (nSPS) is 12.4. The van der Waals surface area contributed by atoms with Crippen LogP contribution >= 0.6 is 11.8 Å². The number of nitrogens with zero attached hydrogens (tertiary/aromatic N) is 2. The largest absolute Gasteiger partial charge is 0.389 e. The fourth-order valence-corrected chi connectivity index (χ4v) is 2.23. The van der Waals surface area contributed by atoms with Crippen molar-refractivity contribution in [3.05, 3.63) is 47.5 Å². The summed E-state index contributed by atoms with van der Waals surface area (Å²) in [6.45, 7) is 3.46. The highest BCUT2D eigenvalue weighted by Crippen LogP contribution is 2.28. The van der Waals surface area contributed by atoms with E-state index in [9.17, 15) is 9.50 Å². The van der Waals surface area contributed by atoms with Gasteiger partial charge in [-0.05, 0) is 49.4 Å². The Morgan fingerprint density at radius 2 is 2.11 bits per heavy atom. The van der Waals surface area contributed by atoms with Gasteiger partial charge >= 0.3 is 0 Å². The second-order valence-electron chi connectivity index (χ2n) is 3.95. The second kappa shape index (κ2) is 5.46. The Morgan fingerprint density at radius 1 is 1.33 bits per heavy atom. The molecular formula is C13H13FN2OS. The molecule has 18 heavy (non-hydrogen) atoms. The highest BCUT2D eigenvalue weighted by atomic mass is 32.2. The Bertz CT molecular complexity index is 560. The van der Waals surface area contributed by atoms with Gasteiger partial charge in [-0.2, -0.15) is 0 Å². The Morgan fingerprint density at radius 3 is 2.72 bits per heavy atom. The molecule has 0 radical (unpaired) electrons. The predicted octanol–water partition coefficient (Wildman–Crippen LogP) is 3.13. The van der Waals surface area contributed by atoms with Crippen molar-refractivity contribution in [2.75, 3.05) is 0 Å². The zero-order chi connectivity index (χ0) is 13.1. The quantitative estimate of drug-likeness (QED) is 0.865. The van der Waals surface area contributed by atoms with Gasteiger partial charge in [0, 0.05) is 11.9 Å². The van der Waals surface area contributed by atoms with Crippen molar-refractivity contribution in [1.29, 1.82) is 0 Å². The van der Waals surface area contributed by atoms with Crippen molar-refractivity contribution in [2.45, 2.75) is 30.0 Å². The number of benzene rings is 1. The summed E-state index contributed by atoms with van der Waals surface area (Å²) in [6, 6.07) is 6.46. The predicted molar refractivity (Wildman–Crippen MR) is 67.9 cm³/mol. The molecule has 0 fully saturated rings. The van der Waals surface area contributed by atoms with Crippen LogP contribution in [0.25, 0.3) is 0 Å². The molecule has 0 aliphatic heterocycles. The molecule has 3 nitrogen and oxygen atoms in total. The average molecular weight is 264 g/mol. The van der Waals surface area contributed by atoms with Gasteiger partial charge < -0.3 is 5.11 Å². The maximum absolute atomic E-state index is 13.8. The smallest absolute Gasteiger partial charge is 0.192 e. The number of hydrogen-bond donors (Lipinski definition) is 1. The summed E-state index contributed by atoms with van der Waals surface area (Å²) in [5, 5.41) is 9.88. The van der Waals surface area contributed by atoms with E-state index in [0.29, 0.717) is 15.6 Å². The summed E-state index contributed by atoms with van der Waals surface area (Å²) >= 11 is 1.17. The molecule has 2 rings (SSSR count). The Hall–Kier alpha value is -1.46. The van der Waals surface area contributed by atoms with Gasteiger partial charge in [-0.25, -0.2) is 14.4 Å². The first-order valence-corrected chi connectivity index (χ1v) is 6.33. The molecule has 0 saturated carbocycles. The lowest BCUT2D eigenvalue weighted by Gasteiger charge is -2.07. The van der Waals surface area contributed by atoms with Gasteiger partial charge in [-0.1, -0.05) is 6.07 Å². The number of aliphatic hydroxyl groups excluding tert-OH is 1. The number of aliphatic hydroxyl groups is 1. The van der Waals surface area contributed by atoms with Gasteiger partial charge in [0.05, 0.1) is 11.0 Å². The molecule has 1 heterocycles. The zero-order valence-electron chi connectivity index (χ0n) is 10.1. The summed E-state index contributed by atoms with van der Waals surface area (Å²) in [6.07, 6.45) is 0.973. The summed E-state index contributed by atoms with van der Waals surface area (Å²) in [5.41, 5.74) is 1.40. The molecule has 2 aromatic rings. The average Bonchev–Trinajstić information content (AvgIpc) is 2.31. The van der Waals surface area contributed by atoms with E-state index in [1.54, 1.807) is 31.3 Å². The minimum atomic E-state index is -0.672. The van der Waals surface area contributed by atoms with Crippen LogP contribution in [0.3, 0.4) is 0 Å². The third kappa shape index (κ3) is 3.05. The van der Waals surface area contributed by atoms with Crippen molar-refractivity contribution in [2.24, 2.45) is 0 Å². The first-order valence-electron chi connectivity index (χ1n) is 5.51. The number of rotatable bonds is 3. The second-order valence-corrected chi connectivity index (χ2v) is 4.96. The zero-order valence-corrected chi connectivity index (χ0v) is 10.9. The molecule has 0 unspecified atom stereocenters. The lowest BCUT2D eigenvalue weighted by Crippen LogP contribution is -1.94. The minimum Gasteiger partial charge on any atom is -0.389 e. The van der Waals surface area contributed by atoms with Crippen LogP contribution in [0.5, 0.6) is 0 Å². The lowest BCUT2D eigenvalue weighted by atomic mass is 10.1. The van der Waals surface area contributed by atoms with Crippen LogP contribution in [0.15, 0.2) is 40.5 Å². The number of aromatic nitrogens is 2. The fourth-order valence-electron chi connectivity index (χ4n) is 1.43. The molecule has 0 bridgehead atoms. The Balaban J connectivity index is 2.24. The lowest BCUT2D eigenvalue weighted by molar-refractivity contribution is 0.198. The van der Waals surface area contributed by atoms with Gasteiger partial charge in [0.2, 0.25) is 0 Å². The molecule has 5 heteroatoms. The van der Waals surface area contributed by atoms with Gasteiger partial charge in [-0.15, -0.1) is 0 Å². The molecular weight excluding hydrogens is 251 g/mol. The standard InChI is InChI=1S/C13H13FN2OS/c1-8-5-6-15-13(16-8)18-12-4-3-10(9(2)17)7-11(12)14/h3-7,9,17H,1-2H3/t9-/m1/s1. The van der Waals surface area contributed by atoms with Gasteiger partial charge in [-0.3, -0.25) is 0 Å². The van der Waals surface area contributed by atoms with E-state index in [1.807, 2.05) is 6.92 Å². The number of hydrogen-bond acceptors (Lipinski definition) is 4. The van der Waals surface area contributed by atoms with Gasteiger partial charge in [0.15, 0.2) is 5.16 Å². The third-order valence-corrected chi connectivity index (χ3v) is 3.34. The summed E-state index contributed by atoms with van der Waals surface area (Å²) in [7, 11) is 0. The SMILES string of the molecule is Cc1ccnc(Sc2ccc([C@@H](C)O)cc2F)n1. The van der Waals surface area contributed by atoms with Crippen molar-refractivity contribution in [3.63, 3.8) is 0 Å². The highest BCUT2D eigenvalue weighted by Gasteiger charge is 2.09. The molecule has 1 N–H and O–H groups in total. The maximum atomic E-state index is 13.8. The van der Waals surface area contributed by atoms with Crippen molar-refractivity contribution in [1.82, 2.24) is 9.97 Å². The minimum absolute atomic E-state index is 0.372. The number of halogens is 1. The first kappa shape index (κ1) is 13.0. The van der Waals surface area contributed by atoms with Crippen molar-refractivity contribution in [3.8, 4) is 0 Å². The van der Waals surface area contributed by atoms with Crippen LogP contribution in [-0.4, -0.2) is 15.1 Å². The molecule has 1 aromatic heterocycles. The van der Waals surface area contributed by atoms with E-state index in [-0.39, 0.29) is 5.82 Å². The van der Waals surface area contributed by atoms with Crippen LogP contribution in [0, 0.1) is 12.7 Å². The summed E-state index contributed by atoms with van der Waals surface area (Å²) < 4.78 is 13.8. The van der Waals surface area contributed by atoms with Crippen LogP contribution in [0.4, 0.5) is 4.39 Å². The molecule has 0 aliphatic carbocycles. The Kier molecular flexibility index (Phi) is 3.93. The molecule has 1 atom stereocenters. The van der Waals surface area contributed by atoms with Crippen LogP contribution in [0.2, 0.25) is 0 Å². The van der Waals surface area contributed by atoms with Crippen LogP contribution in [-0.2, 0) is 0 Å². The molecule has 0 aliphatic rings. The molecule has 94 valence electrons. The van der Waals surface area contributed by atoms with Gasteiger partial charge in [0.1, 0.15) is 5.82 Å². The van der Waals surface area contributed by atoms with E-state index in [1.165, 1.54) is 17.8 Å². The molecule has 0 amide bonds. The van der Waals surface area contributed by atoms with Crippen LogP contribution in [0.1, 0.15) is 24.3 Å². The van der Waals surface area contributed by atoms with E-state index in [0.717, 1.165) is 5.69 Å². The summed E-state index contributed by atoms with van der Waals surface area (Å²) in [4.78, 5) is 8.72. The topological polar surface area (TPSA) is 46.0 Å². The van der Waals surface area contributed by atoms with E-state index >= 15 is 0 Å². The molecule has 0 saturated heterocycles. The maximum Gasteiger partial charge on any atom is 0.192 e. The first-order chi connectivity index (χ1) is 8.56.